The molecule has 0 saturated carbocycles. The summed E-state index contributed by atoms with van der Waals surface area (Å²) >= 11 is 2.48. The van der Waals surface area contributed by atoms with Crippen LogP contribution in [0.15, 0.2) is 40.5 Å². The zero-order chi connectivity index (χ0) is 39.7. The Labute approximate surface area is 325 Å². The predicted octanol–water partition coefficient (Wildman–Crippen LogP) is 4.71. The number of phenolic OH excluding ortho intramolecular Hbond substituents is 1. The molecule has 0 aliphatic carbocycles. The van der Waals surface area contributed by atoms with Gasteiger partial charge in [0, 0.05) is 62.4 Å². The summed E-state index contributed by atoms with van der Waals surface area (Å²) in [6, 6.07) is 8.32. The number of aromatic nitrogens is 2. The van der Waals surface area contributed by atoms with Crippen LogP contribution in [0, 0.1) is 5.82 Å². The fourth-order valence-corrected chi connectivity index (χ4v) is 8.42. The van der Waals surface area contributed by atoms with E-state index in [1.165, 1.54) is 23.5 Å². The highest BCUT2D eigenvalue weighted by Crippen LogP contribution is 2.33. The second kappa shape index (κ2) is 19.1. The first-order chi connectivity index (χ1) is 26.2. The van der Waals surface area contributed by atoms with Gasteiger partial charge in [0.05, 0.1) is 34.6 Å². The average molecular weight is 802 g/mol. The first-order valence-corrected chi connectivity index (χ1v) is 20.0. The number of piperidine rings is 1. The molecule has 2 aromatic carbocycles. The molecule has 4 aromatic rings. The Morgan fingerprint density at radius 2 is 1.82 bits per heavy atom. The molecule has 0 bridgehead atoms. The predicted molar refractivity (Wildman–Crippen MR) is 206 cm³/mol. The molecule has 298 valence electrons. The maximum atomic E-state index is 14.7. The molecular weight excluding hydrogens is 754 g/mol. The Morgan fingerprint density at radius 1 is 1.09 bits per heavy atom. The summed E-state index contributed by atoms with van der Waals surface area (Å²) in [5.41, 5.74) is 2.69. The van der Waals surface area contributed by atoms with E-state index in [0.717, 1.165) is 47.8 Å². The summed E-state index contributed by atoms with van der Waals surface area (Å²) in [5, 5.41) is 42.8. The van der Waals surface area contributed by atoms with E-state index < -0.39 is 18.0 Å². The second-order valence-corrected chi connectivity index (χ2v) is 16.1. The largest absolute Gasteiger partial charge is 0.506 e. The molecule has 6 rings (SSSR count). The second-order valence-electron chi connectivity index (χ2n) is 14.2. The number of aromatic amines is 1. The molecule has 2 aromatic heterocycles. The van der Waals surface area contributed by atoms with Crippen molar-refractivity contribution in [2.45, 2.75) is 76.5 Å². The SMILES string of the molecule is CC(C)c1nc(C(=O)N2CCOC3(CCN(Cc4ccc(F)c(CCNC[C@H](O)c5ccc(O)c6[nH]c(=O)sc56)c4)CC3)C2)cs1.O=C(O)CCCC(=O)O. The van der Waals surface area contributed by atoms with Crippen molar-refractivity contribution in [2.75, 3.05) is 45.9 Å². The van der Waals surface area contributed by atoms with E-state index in [0.29, 0.717) is 72.2 Å². The number of carboxylic acid groups (broad SMARTS) is 2. The minimum atomic E-state index is -0.948. The Hall–Kier alpha value is -4.26. The number of hydrogen-bond donors (Lipinski definition) is 6. The monoisotopic (exact) mass is 801 g/mol. The number of amides is 1. The summed E-state index contributed by atoms with van der Waals surface area (Å²) in [4.78, 5) is 55.7. The van der Waals surface area contributed by atoms with Gasteiger partial charge in [-0.1, -0.05) is 43.4 Å². The molecule has 2 saturated heterocycles. The number of carboxylic acids is 2. The molecule has 2 aliphatic heterocycles. The first-order valence-electron chi connectivity index (χ1n) is 18.3. The lowest BCUT2D eigenvalue weighted by atomic mass is 9.89. The molecule has 4 heterocycles. The number of carbonyl (C=O) groups excluding carboxylic acids is 1. The molecule has 0 radical (unpaired) electrons. The summed E-state index contributed by atoms with van der Waals surface area (Å²) in [6.45, 7) is 8.84. The third kappa shape index (κ3) is 11.4. The van der Waals surface area contributed by atoms with E-state index in [9.17, 15) is 33.8 Å². The highest BCUT2D eigenvalue weighted by atomic mass is 32.1. The lowest BCUT2D eigenvalue weighted by molar-refractivity contribution is -0.138. The normalized spacial score (nSPS) is 16.3. The molecule has 14 nitrogen and oxygen atoms in total. The summed E-state index contributed by atoms with van der Waals surface area (Å²) in [7, 11) is 0. The number of H-pyrrole nitrogens is 1. The lowest BCUT2D eigenvalue weighted by Crippen LogP contribution is -2.58. The van der Waals surface area contributed by atoms with Gasteiger partial charge in [-0.3, -0.25) is 24.1 Å². The number of likely N-dealkylation sites (tertiary alicyclic amines) is 1. The summed E-state index contributed by atoms with van der Waals surface area (Å²) in [6.07, 6.45) is 1.28. The zero-order valence-electron chi connectivity index (χ0n) is 30.9. The van der Waals surface area contributed by atoms with Crippen molar-refractivity contribution in [1.82, 2.24) is 25.1 Å². The fraction of sp³-hybridized carbons (Fsp3) is 0.500. The summed E-state index contributed by atoms with van der Waals surface area (Å²) in [5.74, 6) is -1.92. The van der Waals surface area contributed by atoms with Crippen molar-refractivity contribution in [2.24, 2.45) is 0 Å². The number of carbonyl (C=O) groups is 3. The van der Waals surface area contributed by atoms with Gasteiger partial charge >= 0.3 is 16.8 Å². The molecular formula is C38H48FN5O9S2. The van der Waals surface area contributed by atoms with Crippen molar-refractivity contribution < 1.29 is 43.9 Å². The lowest BCUT2D eigenvalue weighted by Gasteiger charge is -2.47. The number of aliphatic hydroxyl groups is 1. The molecule has 55 heavy (non-hydrogen) atoms. The highest BCUT2D eigenvalue weighted by Gasteiger charge is 2.41. The third-order valence-corrected chi connectivity index (χ3v) is 11.8. The number of halogens is 1. The number of nitrogens with one attached hydrogen (secondary N) is 2. The number of aliphatic hydroxyl groups excluding tert-OH is 1. The number of rotatable bonds is 14. The molecule has 17 heteroatoms. The van der Waals surface area contributed by atoms with Crippen LogP contribution in [0.2, 0.25) is 0 Å². The van der Waals surface area contributed by atoms with Gasteiger partial charge in [0.2, 0.25) is 0 Å². The number of phenols is 1. The van der Waals surface area contributed by atoms with Crippen LogP contribution in [0.4, 0.5) is 4.39 Å². The van der Waals surface area contributed by atoms with Crippen LogP contribution < -0.4 is 10.2 Å². The van der Waals surface area contributed by atoms with E-state index >= 15 is 0 Å². The average Bonchev–Trinajstić information content (AvgIpc) is 3.80. The highest BCUT2D eigenvalue weighted by molar-refractivity contribution is 7.16. The molecule has 0 unspecified atom stereocenters. The smallest absolute Gasteiger partial charge is 0.305 e. The summed E-state index contributed by atoms with van der Waals surface area (Å²) < 4.78 is 21.5. The first kappa shape index (κ1) is 41.9. The van der Waals surface area contributed by atoms with Crippen LogP contribution in [0.25, 0.3) is 10.2 Å². The Balaban J connectivity index is 0.000000574. The van der Waals surface area contributed by atoms with Gasteiger partial charge in [-0.25, -0.2) is 9.37 Å². The van der Waals surface area contributed by atoms with Crippen LogP contribution in [0.3, 0.4) is 0 Å². The fourth-order valence-electron chi connectivity index (χ4n) is 6.69. The molecule has 1 spiro atoms. The number of aliphatic carboxylic acids is 2. The van der Waals surface area contributed by atoms with Gasteiger partial charge in [-0.2, -0.15) is 0 Å². The van der Waals surface area contributed by atoms with Gasteiger partial charge in [-0.15, -0.1) is 11.3 Å². The molecule has 1 atom stereocenters. The van der Waals surface area contributed by atoms with Crippen molar-refractivity contribution >= 4 is 50.7 Å². The number of ether oxygens (including phenoxy) is 1. The molecule has 1 amide bonds. The van der Waals surface area contributed by atoms with Gasteiger partial charge in [0.1, 0.15) is 22.8 Å². The standard InChI is InChI=1S/C33H40FN5O5S2.C5H8O4/c1-20(2)30-36-25(18-45-30)31(42)39-13-14-44-33(19-39)8-11-38(12-9-33)17-21-3-5-24(34)22(15-21)7-10-35-16-27(41)23-4-6-26(40)28-29(23)46-32(43)37-28;6-4(7)2-1-3-5(8)9/h3-6,15,18,20,27,35,40-41H,7-14,16-17,19H2,1-2H3,(H,37,43);1-3H2,(H,6,7)(H,8,9)/t27-;/m0./s1. The minimum Gasteiger partial charge on any atom is -0.506 e. The molecule has 2 fully saturated rings. The number of nitrogens with zero attached hydrogens (tertiary/aromatic N) is 3. The van der Waals surface area contributed by atoms with Crippen LogP contribution >= 0.6 is 22.7 Å². The number of thiazole rings is 2. The number of benzene rings is 2. The van der Waals surface area contributed by atoms with Crippen LogP contribution in [-0.2, 0) is 27.3 Å². The Bertz CT molecular complexity index is 1990. The number of fused-ring (bicyclic) bond motifs is 1. The van der Waals surface area contributed by atoms with Crippen molar-refractivity contribution in [3.8, 4) is 5.75 Å². The minimum absolute atomic E-state index is 0.0206. The zero-order valence-corrected chi connectivity index (χ0v) is 32.5. The van der Waals surface area contributed by atoms with Crippen molar-refractivity contribution in [3.05, 3.63) is 78.6 Å². The maximum Gasteiger partial charge on any atom is 0.305 e. The van der Waals surface area contributed by atoms with Crippen molar-refractivity contribution in [3.63, 3.8) is 0 Å². The van der Waals surface area contributed by atoms with E-state index in [1.54, 1.807) is 6.07 Å². The van der Waals surface area contributed by atoms with Gasteiger partial charge in [0.15, 0.2) is 0 Å². The third-order valence-electron chi connectivity index (χ3n) is 9.69. The molecule has 6 N–H and O–H groups in total. The van der Waals surface area contributed by atoms with Gasteiger partial charge < -0.3 is 40.4 Å². The van der Waals surface area contributed by atoms with Crippen molar-refractivity contribution in [1.29, 1.82) is 0 Å². The van der Waals surface area contributed by atoms with Gasteiger partial charge in [-0.05, 0) is 55.5 Å². The topological polar surface area (TPSA) is 206 Å². The van der Waals surface area contributed by atoms with Crippen LogP contribution in [-0.4, -0.2) is 110 Å². The van der Waals surface area contributed by atoms with Crippen LogP contribution in [0.5, 0.6) is 5.75 Å². The van der Waals surface area contributed by atoms with Crippen LogP contribution in [0.1, 0.15) is 90.2 Å². The van der Waals surface area contributed by atoms with E-state index in [2.05, 4.69) is 34.0 Å². The Morgan fingerprint density at radius 3 is 2.49 bits per heavy atom. The number of aromatic hydroxyl groups is 1. The van der Waals surface area contributed by atoms with Gasteiger partial charge in [0.25, 0.3) is 5.91 Å². The maximum absolute atomic E-state index is 14.7. The van der Waals surface area contributed by atoms with E-state index in [1.807, 2.05) is 22.4 Å². The quantitative estimate of drug-likeness (QED) is 0.0960. The van der Waals surface area contributed by atoms with E-state index in [4.69, 9.17) is 14.9 Å². The number of morpholine rings is 1. The Kier molecular flexibility index (Phi) is 14.5. The molecule has 2 aliphatic rings. The van der Waals surface area contributed by atoms with E-state index in [-0.39, 0.29) is 53.8 Å². The number of hydrogen-bond acceptors (Lipinski definition) is 12.